The number of nitrogens with zero attached hydrogens (tertiary/aromatic N) is 3. The summed E-state index contributed by atoms with van der Waals surface area (Å²) in [5, 5.41) is 3.39. The molecule has 1 aromatic heterocycles. The highest BCUT2D eigenvalue weighted by Crippen LogP contribution is 2.28. The highest BCUT2D eigenvalue weighted by atomic mass is 35.5. The number of halogens is 2. The van der Waals surface area contributed by atoms with Crippen molar-refractivity contribution in [1.82, 2.24) is 15.0 Å². The molecule has 0 atom stereocenters. The summed E-state index contributed by atoms with van der Waals surface area (Å²) >= 11 is 11.7. The number of ether oxygens (including phenoxy) is 1. The summed E-state index contributed by atoms with van der Waals surface area (Å²) in [5.74, 6) is 0.884. The van der Waals surface area contributed by atoms with E-state index in [9.17, 15) is 0 Å². The maximum atomic E-state index is 6.03. The zero-order chi connectivity index (χ0) is 13.1. The third kappa shape index (κ3) is 2.91. The van der Waals surface area contributed by atoms with Crippen molar-refractivity contribution in [2.24, 2.45) is 0 Å². The Balaban J connectivity index is 2.33. The molecule has 0 aliphatic rings. The van der Waals surface area contributed by atoms with Crippen molar-refractivity contribution in [1.29, 1.82) is 0 Å². The molecule has 6 nitrogen and oxygen atoms in total. The fraction of sp³-hybridized carbons (Fsp3) is 0.100. The molecule has 8 heteroatoms. The van der Waals surface area contributed by atoms with Gasteiger partial charge in [0.1, 0.15) is 5.75 Å². The quantitative estimate of drug-likeness (QED) is 0.901. The van der Waals surface area contributed by atoms with Gasteiger partial charge in [-0.25, -0.2) is 0 Å². The SMILES string of the molecule is COc1ccc(Cl)c(Nc2nc(N)nc(Cl)n2)c1. The average molecular weight is 286 g/mol. The zero-order valence-electron chi connectivity index (χ0n) is 9.32. The van der Waals surface area contributed by atoms with Gasteiger partial charge in [-0.15, -0.1) is 0 Å². The van der Waals surface area contributed by atoms with E-state index >= 15 is 0 Å². The van der Waals surface area contributed by atoms with Crippen molar-refractivity contribution in [2.75, 3.05) is 18.2 Å². The topological polar surface area (TPSA) is 86.0 Å². The summed E-state index contributed by atoms with van der Waals surface area (Å²) in [6.45, 7) is 0. The Hall–Kier alpha value is -1.79. The van der Waals surface area contributed by atoms with Gasteiger partial charge in [0.05, 0.1) is 17.8 Å². The van der Waals surface area contributed by atoms with Crippen molar-refractivity contribution >= 4 is 40.8 Å². The first-order valence-corrected chi connectivity index (χ1v) is 5.61. The number of nitrogens with two attached hydrogens (primary N) is 1. The minimum atomic E-state index is 0.00372. The Kier molecular flexibility index (Phi) is 3.69. The van der Waals surface area contributed by atoms with Crippen molar-refractivity contribution in [3.05, 3.63) is 28.5 Å². The van der Waals surface area contributed by atoms with Gasteiger partial charge in [-0.05, 0) is 23.7 Å². The van der Waals surface area contributed by atoms with Crippen LogP contribution in [0.25, 0.3) is 0 Å². The average Bonchev–Trinajstić information content (AvgIpc) is 2.30. The molecule has 2 rings (SSSR count). The Morgan fingerprint density at radius 1 is 1.22 bits per heavy atom. The molecule has 3 N–H and O–H groups in total. The lowest BCUT2D eigenvalue weighted by Crippen LogP contribution is -2.03. The second-order valence-electron chi connectivity index (χ2n) is 3.26. The van der Waals surface area contributed by atoms with Crippen LogP contribution in [0.15, 0.2) is 18.2 Å². The molecule has 0 saturated carbocycles. The highest BCUT2D eigenvalue weighted by molar-refractivity contribution is 6.33. The van der Waals surface area contributed by atoms with Gasteiger partial charge < -0.3 is 15.8 Å². The van der Waals surface area contributed by atoms with Gasteiger partial charge in [0.25, 0.3) is 0 Å². The smallest absolute Gasteiger partial charge is 0.233 e. The summed E-state index contributed by atoms with van der Waals surface area (Å²) in [5.41, 5.74) is 6.04. The first kappa shape index (κ1) is 12.7. The maximum absolute atomic E-state index is 6.03. The summed E-state index contributed by atoms with van der Waals surface area (Å²) < 4.78 is 5.09. The van der Waals surface area contributed by atoms with Crippen LogP contribution >= 0.6 is 23.2 Å². The Labute approximate surface area is 113 Å². The number of benzene rings is 1. The number of anilines is 3. The van der Waals surface area contributed by atoms with Gasteiger partial charge in [0.15, 0.2) is 0 Å². The lowest BCUT2D eigenvalue weighted by atomic mass is 10.3. The van der Waals surface area contributed by atoms with Crippen LogP contribution in [0.1, 0.15) is 0 Å². The van der Waals surface area contributed by atoms with Crippen molar-refractivity contribution in [3.63, 3.8) is 0 Å². The molecule has 0 fully saturated rings. The lowest BCUT2D eigenvalue weighted by molar-refractivity contribution is 0.415. The predicted molar refractivity (Wildman–Crippen MR) is 70.5 cm³/mol. The third-order valence-corrected chi connectivity index (χ3v) is 2.54. The van der Waals surface area contributed by atoms with Crippen LogP contribution in [0.4, 0.5) is 17.6 Å². The van der Waals surface area contributed by atoms with Crippen LogP contribution in [-0.2, 0) is 0 Å². The van der Waals surface area contributed by atoms with Crippen LogP contribution in [0.2, 0.25) is 10.3 Å². The summed E-state index contributed by atoms with van der Waals surface area (Å²) in [4.78, 5) is 11.4. The zero-order valence-corrected chi connectivity index (χ0v) is 10.8. The van der Waals surface area contributed by atoms with Gasteiger partial charge in [0, 0.05) is 6.07 Å². The van der Waals surface area contributed by atoms with E-state index in [4.69, 9.17) is 33.7 Å². The van der Waals surface area contributed by atoms with E-state index in [1.54, 1.807) is 25.3 Å². The fourth-order valence-corrected chi connectivity index (χ4v) is 1.60. The molecular formula is C10H9Cl2N5O. The van der Waals surface area contributed by atoms with E-state index in [2.05, 4.69) is 20.3 Å². The second-order valence-corrected chi connectivity index (χ2v) is 4.00. The molecule has 0 radical (unpaired) electrons. The number of hydrogen-bond acceptors (Lipinski definition) is 6. The molecule has 94 valence electrons. The van der Waals surface area contributed by atoms with Crippen molar-refractivity contribution in [3.8, 4) is 5.75 Å². The van der Waals surface area contributed by atoms with Gasteiger partial charge in [0.2, 0.25) is 17.2 Å². The van der Waals surface area contributed by atoms with Crippen LogP contribution in [0, 0.1) is 0 Å². The minimum Gasteiger partial charge on any atom is -0.497 e. The Morgan fingerprint density at radius 3 is 2.67 bits per heavy atom. The largest absolute Gasteiger partial charge is 0.497 e. The lowest BCUT2D eigenvalue weighted by Gasteiger charge is -2.09. The molecule has 0 bridgehead atoms. The Bertz CT molecular complexity index is 558. The third-order valence-electron chi connectivity index (χ3n) is 2.05. The Morgan fingerprint density at radius 2 is 2.00 bits per heavy atom. The molecule has 0 aliphatic carbocycles. The molecule has 1 aromatic carbocycles. The molecular weight excluding hydrogens is 277 g/mol. The molecule has 0 unspecified atom stereocenters. The first-order valence-electron chi connectivity index (χ1n) is 4.86. The van der Waals surface area contributed by atoms with Crippen LogP contribution in [-0.4, -0.2) is 22.1 Å². The normalized spacial score (nSPS) is 10.2. The standard InChI is InChI=1S/C10H9Cl2N5O/c1-18-5-2-3-6(11)7(4-5)14-10-16-8(12)15-9(13)17-10/h2-4H,1H3,(H3,13,14,15,16,17). The number of rotatable bonds is 3. The summed E-state index contributed by atoms with van der Waals surface area (Å²) in [6.07, 6.45) is 0. The van der Waals surface area contributed by atoms with E-state index in [1.165, 1.54) is 0 Å². The fourth-order valence-electron chi connectivity index (χ4n) is 1.27. The van der Waals surface area contributed by atoms with Gasteiger partial charge in [-0.3, -0.25) is 0 Å². The first-order chi connectivity index (χ1) is 8.58. The van der Waals surface area contributed by atoms with Crippen molar-refractivity contribution < 1.29 is 4.74 Å². The highest BCUT2D eigenvalue weighted by Gasteiger charge is 2.07. The molecule has 1 heterocycles. The molecule has 0 aliphatic heterocycles. The maximum Gasteiger partial charge on any atom is 0.233 e. The molecule has 0 amide bonds. The van der Waals surface area contributed by atoms with E-state index < -0.39 is 0 Å². The van der Waals surface area contributed by atoms with E-state index in [0.29, 0.717) is 16.5 Å². The van der Waals surface area contributed by atoms with Crippen LogP contribution < -0.4 is 15.8 Å². The molecule has 2 aromatic rings. The second kappa shape index (κ2) is 5.24. The van der Waals surface area contributed by atoms with E-state index in [0.717, 1.165) is 0 Å². The molecule has 0 saturated heterocycles. The van der Waals surface area contributed by atoms with Crippen LogP contribution in [0.5, 0.6) is 5.75 Å². The van der Waals surface area contributed by atoms with Gasteiger partial charge >= 0.3 is 0 Å². The number of nitrogen functional groups attached to an aromatic ring is 1. The van der Waals surface area contributed by atoms with Gasteiger partial charge in [-0.2, -0.15) is 15.0 Å². The monoisotopic (exact) mass is 285 g/mol. The van der Waals surface area contributed by atoms with Crippen molar-refractivity contribution in [2.45, 2.75) is 0 Å². The van der Waals surface area contributed by atoms with Crippen LogP contribution in [0.3, 0.4) is 0 Å². The number of methoxy groups -OCH3 is 1. The minimum absolute atomic E-state index is 0.00372. The number of hydrogen-bond donors (Lipinski definition) is 2. The summed E-state index contributed by atoms with van der Waals surface area (Å²) in [6, 6.07) is 5.13. The van der Waals surface area contributed by atoms with Gasteiger partial charge in [-0.1, -0.05) is 11.6 Å². The summed E-state index contributed by atoms with van der Waals surface area (Å²) in [7, 11) is 1.56. The predicted octanol–water partition coefficient (Wildman–Crippen LogP) is 2.51. The number of nitrogens with one attached hydrogen (secondary N) is 1. The molecule has 0 spiro atoms. The van der Waals surface area contributed by atoms with E-state index in [-0.39, 0.29) is 17.2 Å². The number of aromatic nitrogens is 3. The van der Waals surface area contributed by atoms with E-state index in [1.807, 2.05) is 0 Å². The molecule has 18 heavy (non-hydrogen) atoms.